The topological polar surface area (TPSA) is 53.4 Å². The van der Waals surface area contributed by atoms with Gasteiger partial charge in [0.05, 0.1) is 26.0 Å². The van der Waals surface area contributed by atoms with Crippen LogP contribution in [0.3, 0.4) is 0 Å². The van der Waals surface area contributed by atoms with Gasteiger partial charge in [0.2, 0.25) is 5.78 Å². The number of ketones is 1. The quantitative estimate of drug-likeness (QED) is 0.760. The molecule has 0 N–H and O–H groups in total. The molecule has 0 spiro atoms. The van der Waals surface area contributed by atoms with Crippen molar-refractivity contribution >= 4 is 5.78 Å². The van der Waals surface area contributed by atoms with Crippen molar-refractivity contribution in [1.29, 1.82) is 0 Å². The van der Waals surface area contributed by atoms with Crippen molar-refractivity contribution in [2.45, 2.75) is 19.9 Å². The summed E-state index contributed by atoms with van der Waals surface area (Å²) < 4.78 is 12.3. The number of hydrogen-bond acceptors (Lipinski definition) is 4. The average molecular weight is 274 g/mol. The van der Waals surface area contributed by atoms with Gasteiger partial charge in [-0.05, 0) is 18.6 Å². The molecule has 0 unspecified atom stereocenters. The van der Waals surface area contributed by atoms with Crippen molar-refractivity contribution in [1.82, 2.24) is 9.78 Å². The van der Waals surface area contributed by atoms with Crippen LogP contribution < -0.4 is 9.47 Å². The fraction of sp³-hybridized carbons (Fsp3) is 0.333. The molecule has 1 heterocycles. The molecular formula is C15H18N2O3. The summed E-state index contributed by atoms with van der Waals surface area (Å²) in [4.78, 5) is 12.6. The molecule has 20 heavy (non-hydrogen) atoms. The Morgan fingerprint density at radius 1 is 1.25 bits per heavy atom. The van der Waals surface area contributed by atoms with Gasteiger partial charge < -0.3 is 9.47 Å². The number of methoxy groups -OCH3 is 2. The Morgan fingerprint density at radius 2 is 1.90 bits per heavy atom. The standard InChI is InChI=1S/C15H18N2O3/c1-4-8-17-10-11(9-16-17)15(18)14-12(19-2)6-5-7-13(14)20-3/h5-7,9-10H,4,8H2,1-3H3. The third kappa shape index (κ3) is 2.66. The zero-order chi connectivity index (χ0) is 14.5. The van der Waals surface area contributed by atoms with E-state index >= 15 is 0 Å². The Hall–Kier alpha value is -2.30. The molecule has 0 saturated carbocycles. The van der Waals surface area contributed by atoms with Crippen LogP contribution in [0.2, 0.25) is 0 Å². The molecule has 0 bridgehead atoms. The summed E-state index contributed by atoms with van der Waals surface area (Å²) in [6, 6.07) is 5.27. The van der Waals surface area contributed by atoms with E-state index < -0.39 is 0 Å². The van der Waals surface area contributed by atoms with Gasteiger partial charge in [-0.2, -0.15) is 5.10 Å². The van der Waals surface area contributed by atoms with Crippen molar-refractivity contribution in [2.24, 2.45) is 0 Å². The zero-order valence-corrected chi connectivity index (χ0v) is 11.9. The molecule has 0 aliphatic heterocycles. The van der Waals surface area contributed by atoms with Crippen LogP contribution in [0.15, 0.2) is 30.6 Å². The first-order chi connectivity index (χ1) is 9.71. The first-order valence-electron chi connectivity index (χ1n) is 6.49. The lowest BCUT2D eigenvalue weighted by atomic mass is 10.0. The number of nitrogens with zero attached hydrogens (tertiary/aromatic N) is 2. The molecule has 5 heteroatoms. The minimum atomic E-state index is -0.151. The zero-order valence-electron chi connectivity index (χ0n) is 11.9. The summed E-state index contributed by atoms with van der Waals surface area (Å²) in [6.07, 6.45) is 4.29. The van der Waals surface area contributed by atoms with Gasteiger partial charge in [-0.1, -0.05) is 13.0 Å². The van der Waals surface area contributed by atoms with Crippen molar-refractivity contribution < 1.29 is 14.3 Å². The summed E-state index contributed by atoms with van der Waals surface area (Å²) in [7, 11) is 3.07. The van der Waals surface area contributed by atoms with E-state index in [0.717, 1.165) is 13.0 Å². The Labute approximate surface area is 118 Å². The largest absolute Gasteiger partial charge is 0.496 e. The summed E-state index contributed by atoms with van der Waals surface area (Å²) in [5, 5.41) is 4.18. The van der Waals surface area contributed by atoms with Gasteiger partial charge in [-0.25, -0.2) is 0 Å². The second kappa shape index (κ2) is 6.23. The van der Waals surface area contributed by atoms with Crippen LogP contribution in [0.5, 0.6) is 11.5 Å². The lowest BCUT2D eigenvalue weighted by molar-refractivity contribution is 0.103. The van der Waals surface area contributed by atoms with E-state index in [2.05, 4.69) is 12.0 Å². The molecule has 0 aliphatic carbocycles. The van der Waals surface area contributed by atoms with Crippen molar-refractivity contribution in [3.05, 3.63) is 41.7 Å². The number of aromatic nitrogens is 2. The van der Waals surface area contributed by atoms with Crippen molar-refractivity contribution in [2.75, 3.05) is 14.2 Å². The molecular weight excluding hydrogens is 256 g/mol. The summed E-state index contributed by atoms with van der Waals surface area (Å²) >= 11 is 0. The Kier molecular flexibility index (Phi) is 4.40. The SMILES string of the molecule is CCCn1cc(C(=O)c2c(OC)cccc2OC)cn1. The van der Waals surface area contributed by atoms with E-state index in [1.54, 1.807) is 35.3 Å². The fourth-order valence-electron chi connectivity index (χ4n) is 2.05. The van der Waals surface area contributed by atoms with Crippen molar-refractivity contribution in [3.63, 3.8) is 0 Å². The highest BCUT2D eigenvalue weighted by Gasteiger charge is 2.20. The molecule has 1 aromatic carbocycles. The third-order valence-electron chi connectivity index (χ3n) is 3.00. The molecule has 0 radical (unpaired) electrons. The minimum absolute atomic E-state index is 0.151. The van der Waals surface area contributed by atoms with E-state index in [1.165, 1.54) is 14.2 Å². The van der Waals surface area contributed by atoms with Gasteiger partial charge in [0.15, 0.2) is 0 Å². The molecule has 0 aliphatic rings. The summed E-state index contributed by atoms with van der Waals surface area (Å²) in [6.45, 7) is 2.85. The first kappa shape index (κ1) is 14.1. The predicted molar refractivity (Wildman–Crippen MR) is 75.5 cm³/mol. The highest BCUT2D eigenvalue weighted by Crippen LogP contribution is 2.30. The lowest BCUT2D eigenvalue weighted by Crippen LogP contribution is -2.06. The predicted octanol–water partition coefficient (Wildman–Crippen LogP) is 2.54. The van der Waals surface area contributed by atoms with Gasteiger partial charge >= 0.3 is 0 Å². The van der Waals surface area contributed by atoms with Crippen LogP contribution in [0.4, 0.5) is 0 Å². The number of ether oxygens (including phenoxy) is 2. The Bertz CT molecular complexity index is 583. The third-order valence-corrected chi connectivity index (χ3v) is 3.00. The number of aryl methyl sites for hydroxylation is 1. The maximum atomic E-state index is 12.6. The first-order valence-corrected chi connectivity index (χ1v) is 6.49. The molecule has 106 valence electrons. The minimum Gasteiger partial charge on any atom is -0.496 e. The second-order valence-electron chi connectivity index (χ2n) is 4.36. The van der Waals surface area contributed by atoms with E-state index in [9.17, 15) is 4.79 Å². The van der Waals surface area contributed by atoms with Crippen LogP contribution >= 0.6 is 0 Å². The van der Waals surface area contributed by atoms with Crippen LogP contribution in [0.25, 0.3) is 0 Å². The normalized spacial score (nSPS) is 10.3. The lowest BCUT2D eigenvalue weighted by Gasteiger charge is -2.11. The van der Waals surface area contributed by atoms with Gasteiger partial charge in [0.25, 0.3) is 0 Å². The summed E-state index contributed by atoms with van der Waals surface area (Å²) in [5.41, 5.74) is 0.954. The van der Waals surface area contributed by atoms with Gasteiger partial charge in [-0.15, -0.1) is 0 Å². The summed E-state index contributed by atoms with van der Waals surface area (Å²) in [5.74, 6) is 0.844. The van der Waals surface area contributed by atoms with Crippen LogP contribution in [0, 0.1) is 0 Å². The molecule has 2 aromatic rings. The smallest absolute Gasteiger partial charge is 0.203 e. The van der Waals surface area contributed by atoms with Crippen LogP contribution in [0.1, 0.15) is 29.3 Å². The van der Waals surface area contributed by atoms with Crippen LogP contribution in [-0.2, 0) is 6.54 Å². The monoisotopic (exact) mass is 274 g/mol. The molecule has 0 fully saturated rings. The van der Waals surface area contributed by atoms with Gasteiger partial charge in [0, 0.05) is 12.7 Å². The molecule has 1 aromatic heterocycles. The molecule has 0 amide bonds. The number of carbonyl (C=O) groups excluding carboxylic acids is 1. The molecule has 0 atom stereocenters. The molecule has 5 nitrogen and oxygen atoms in total. The number of carbonyl (C=O) groups is 1. The van der Waals surface area contributed by atoms with E-state index in [1.807, 2.05) is 0 Å². The second-order valence-corrected chi connectivity index (χ2v) is 4.36. The number of benzene rings is 1. The maximum Gasteiger partial charge on any atom is 0.203 e. The van der Waals surface area contributed by atoms with Crippen LogP contribution in [-0.4, -0.2) is 29.8 Å². The van der Waals surface area contributed by atoms with E-state index in [4.69, 9.17) is 9.47 Å². The van der Waals surface area contributed by atoms with Crippen molar-refractivity contribution in [3.8, 4) is 11.5 Å². The fourth-order valence-corrected chi connectivity index (χ4v) is 2.05. The Morgan fingerprint density at radius 3 is 2.45 bits per heavy atom. The van der Waals surface area contributed by atoms with E-state index in [0.29, 0.717) is 22.6 Å². The molecule has 0 saturated heterocycles. The van der Waals surface area contributed by atoms with E-state index in [-0.39, 0.29) is 5.78 Å². The number of rotatable bonds is 6. The maximum absolute atomic E-state index is 12.6. The van der Waals surface area contributed by atoms with Gasteiger partial charge in [0.1, 0.15) is 17.1 Å². The molecule has 2 rings (SSSR count). The van der Waals surface area contributed by atoms with Gasteiger partial charge in [-0.3, -0.25) is 9.48 Å². The highest BCUT2D eigenvalue weighted by molar-refractivity contribution is 6.12. The average Bonchev–Trinajstić information content (AvgIpc) is 2.94. The Balaban J connectivity index is 2.41. The highest BCUT2D eigenvalue weighted by atomic mass is 16.5. The number of hydrogen-bond donors (Lipinski definition) is 0.